The zero-order valence-corrected chi connectivity index (χ0v) is 14.7. The van der Waals surface area contributed by atoms with E-state index in [1.807, 2.05) is 0 Å². The molecule has 0 spiro atoms. The zero-order valence-electron chi connectivity index (χ0n) is 14.7. The Balaban J connectivity index is 2.46. The number of aliphatic hydroxyl groups excluding tert-OH is 1. The monoisotopic (exact) mass is 288 g/mol. The van der Waals surface area contributed by atoms with Gasteiger partial charge in [-0.05, 0) is 46.3 Å². The fourth-order valence-electron chi connectivity index (χ4n) is 3.80. The molecule has 1 nitrogen and oxygen atoms in total. The van der Waals surface area contributed by atoms with Crippen LogP contribution in [0.4, 0.5) is 0 Å². The van der Waals surface area contributed by atoms with E-state index >= 15 is 0 Å². The highest BCUT2D eigenvalue weighted by atomic mass is 16.3. The molecule has 0 heterocycles. The smallest absolute Gasteiger partial charge is 0.0818 e. The molecule has 0 saturated heterocycles. The largest absolute Gasteiger partial charge is 0.388 e. The number of hydrogen-bond acceptors (Lipinski definition) is 1. The summed E-state index contributed by atoms with van der Waals surface area (Å²) in [4.78, 5) is 0. The molecule has 1 aromatic carbocycles. The maximum atomic E-state index is 10.7. The minimum absolute atomic E-state index is 0.217. The first-order valence-corrected chi connectivity index (χ1v) is 8.56. The standard InChI is InChI=1S/C20H32O/c1-7-14(8-2)18(21)15-9-10-16-17(13-15)20(5,6)12-11-19(16,3)4/h9-10,13-14,18,21H,7-8,11-12H2,1-6H3. The molecular weight excluding hydrogens is 256 g/mol. The molecular formula is C20H32O. The van der Waals surface area contributed by atoms with Gasteiger partial charge in [0, 0.05) is 0 Å². The Morgan fingerprint density at radius 1 is 0.952 bits per heavy atom. The Morgan fingerprint density at radius 3 is 2.00 bits per heavy atom. The minimum Gasteiger partial charge on any atom is -0.388 e. The van der Waals surface area contributed by atoms with Gasteiger partial charge in [-0.1, -0.05) is 72.6 Å². The molecule has 2 rings (SSSR count). The SMILES string of the molecule is CCC(CC)C(O)c1ccc2c(c1)C(C)(C)CCC2(C)C. The van der Waals surface area contributed by atoms with E-state index in [2.05, 4.69) is 59.7 Å². The molecule has 21 heavy (non-hydrogen) atoms. The topological polar surface area (TPSA) is 20.2 Å². The van der Waals surface area contributed by atoms with Gasteiger partial charge in [-0.2, -0.15) is 0 Å². The van der Waals surface area contributed by atoms with Crippen LogP contribution in [0.25, 0.3) is 0 Å². The lowest BCUT2D eigenvalue weighted by molar-refractivity contribution is 0.103. The van der Waals surface area contributed by atoms with Gasteiger partial charge in [0.15, 0.2) is 0 Å². The average Bonchev–Trinajstić information content (AvgIpc) is 2.45. The molecule has 0 saturated carbocycles. The summed E-state index contributed by atoms with van der Waals surface area (Å²) in [6.45, 7) is 13.7. The molecule has 1 unspecified atom stereocenters. The van der Waals surface area contributed by atoms with Gasteiger partial charge in [0.2, 0.25) is 0 Å². The van der Waals surface area contributed by atoms with E-state index in [1.165, 1.54) is 24.0 Å². The molecule has 1 atom stereocenters. The van der Waals surface area contributed by atoms with E-state index in [9.17, 15) is 5.11 Å². The molecule has 1 aliphatic carbocycles. The lowest BCUT2D eigenvalue weighted by Crippen LogP contribution is -2.34. The number of benzene rings is 1. The maximum absolute atomic E-state index is 10.7. The van der Waals surface area contributed by atoms with Crippen molar-refractivity contribution in [1.29, 1.82) is 0 Å². The Bertz CT molecular complexity index is 495. The molecule has 0 amide bonds. The second-order valence-corrected chi connectivity index (χ2v) is 8.09. The van der Waals surface area contributed by atoms with Gasteiger partial charge in [-0.3, -0.25) is 0 Å². The molecule has 1 heteroatoms. The molecule has 1 N–H and O–H groups in total. The third-order valence-electron chi connectivity index (χ3n) is 5.71. The Kier molecular flexibility index (Phi) is 4.54. The van der Waals surface area contributed by atoms with Crippen LogP contribution in [0.15, 0.2) is 18.2 Å². The van der Waals surface area contributed by atoms with Crippen molar-refractivity contribution < 1.29 is 5.11 Å². The Hall–Kier alpha value is -0.820. The summed E-state index contributed by atoms with van der Waals surface area (Å²) in [5.41, 5.74) is 4.49. The third kappa shape index (κ3) is 3.04. The second-order valence-electron chi connectivity index (χ2n) is 8.09. The summed E-state index contributed by atoms with van der Waals surface area (Å²) in [6, 6.07) is 6.72. The summed E-state index contributed by atoms with van der Waals surface area (Å²) in [6.07, 6.45) is 4.19. The fourth-order valence-corrected chi connectivity index (χ4v) is 3.80. The minimum atomic E-state index is -0.328. The van der Waals surface area contributed by atoms with E-state index in [4.69, 9.17) is 0 Å². The summed E-state index contributed by atoms with van der Waals surface area (Å²) in [7, 11) is 0. The maximum Gasteiger partial charge on any atom is 0.0818 e. The van der Waals surface area contributed by atoms with Crippen LogP contribution < -0.4 is 0 Å². The summed E-state index contributed by atoms with van der Waals surface area (Å²) in [5.74, 6) is 0.364. The normalized spacial score (nSPS) is 21.1. The van der Waals surface area contributed by atoms with Gasteiger partial charge < -0.3 is 5.11 Å². The number of hydrogen-bond donors (Lipinski definition) is 1. The molecule has 0 aliphatic heterocycles. The summed E-state index contributed by atoms with van der Waals surface area (Å²) >= 11 is 0. The van der Waals surface area contributed by atoms with Gasteiger partial charge in [0.1, 0.15) is 0 Å². The van der Waals surface area contributed by atoms with Crippen LogP contribution in [0.1, 0.15) is 90.0 Å². The van der Waals surface area contributed by atoms with Crippen LogP contribution in [0.2, 0.25) is 0 Å². The first kappa shape index (κ1) is 16.5. The van der Waals surface area contributed by atoms with E-state index in [-0.39, 0.29) is 16.9 Å². The summed E-state index contributed by atoms with van der Waals surface area (Å²) in [5, 5.41) is 10.7. The van der Waals surface area contributed by atoms with Crippen molar-refractivity contribution in [3.63, 3.8) is 0 Å². The van der Waals surface area contributed by atoms with Crippen molar-refractivity contribution in [2.24, 2.45) is 5.92 Å². The van der Waals surface area contributed by atoms with E-state index in [0.717, 1.165) is 18.4 Å². The average molecular weight is 288 g/mol. The first-order valence-electron chi connectivity index (χ1n) is 8.56. The van der Waals surface area contributed by atoms with Gasteiger partial charge in [0.05, 0.1) is 6.10 Å². The second kappa shape index (κ2) is 5.76. The van der Waals surface area contributed by atoms with Crippen LogP contribution in [0, 0.1) is 5.92 Å². The lowest BCUT2D eigenvalue weighted by Gasteiger charge is -2.42. The van der Waals surface area contributed by atoms with Gasteiger partial charge in [0.25, 0.3) is 0 Å². The van der Waals surface area contributed by atoms with E-state index in [0.29, 0.717) is 5.92 Å². The molecule has 0 aromatic heterocycles. The zero-order chi connectivity index (χ0) is 15.8. The van der Waals surface area contributed by atoms with Crippen molar-refractivity contribution in [3.8, 4) is 0 Å². The fraction of sp³-hybridized carbons (Fsp3) is 0.700. The Labute approximate surface area is 130 Å². The van der Waals surface area contributed by atoms with Crippen molar-refractivity contribution in [2.75, 3.05) is 0 Å². The number of aliphatic hydroxyl groups is 1. The summed E-state index contributed by atoms with van der Waals surface area (Å²) < 4.78 is 0. The van der Waals surface area contributed by atoms with Crippen LogP contribution in [-0.4, -0.2) is 5.11 Å². The molecule has 118 valence electrons. The van der Waals surface area contributed by atoms with Gasteiger partial charge >= 0.3 is 0 Å². The molecule has 0 fully saturated rings. The predicted molar refractivity (Wildman–Crippen MR) is 90.8 cm³/mol. The van der Waals surface area contributed by atoms with Gasteiger partial charge in [-0.25, -0.2) is 0 Å². The highest BCUT2D eigenvalue weighted by molar-refractivity contribution is 5.44. The van der Waals surface area contributed by atoms with E-state index < -0.39 is 0 Å². The van der Waals surface area contributed by atoms with Crippen LogP contribution in [0.5, 0.6) is 0 Å². The quantitative estimate of drug-likeness (QED) is 0.775. The number of rotatable bonds is 4. The van der Waals surface area contributed by atoms with Crippen LogP contribution in [-0.2, 0) is 10.8 Å². The van der Waals surface area contributed by atoms with E-state index in [1.54, 1.807) is 0 Å². The first-order chi connectivity index (χ1) is 9.73. The van der Waals surface area contributed by atoms with Crippen molar-refractivity contribution in [3.05, 3.63) is 34.9 Å². The highest BCUT2D eigenvalue weighted by Crippen LogP contribution is 2.46. The predicted octanol–water partition coefficient (Wildman–Crippen LogP) is 5.51. The molecule has 0 bridgehead atoms. The molecule has 0 radical (unpaired) electrons. The highest BCUT2D eigenvalue weighted by Gasteiger charge is 2.37. The van der Waals surface area contributed by atoms with Crippen molar-refractivity contribution >= 4 is 0 Å². The van der Waals surface area contributed by atoms with Gasteiger partial charge in [-0.15, -0.1) is 0 Å². The molecule has 1 aliphatic rings. The van der Waals surface area contributed by atoms with Crippen molar-refractivity contribution in [2.45, 2.75) is 84.2 Å². The third-order valence-corrected chi connectivity index (χ3v) is 5.71. The van der Waals surface area contributed by atoms with Crippen molar-refractivity contribution in [1.82, 2.24) is 0 Å². The lowest BCUT2D eigenvalue weighted by atomic mass is 9.63. The number of fused-ring (bicyclic) bond motifs is 1. The molecule has 1 aromatic rings. The Morgan fingerprint density at radius 2 is 1.48 bits per heavy atom. The van der Waals surface area contributed by atoms with Crippen LogP contribution >= 0.6 is 0 Å². The van der Waals surface area contributed by atoms with Crippen LogP contribution in [0.3, 0.4) is 0 Å².